The molecule has 30 heavy (non-hydrogen) atoms. The van der Waals surface area contributed by atoms with E-state index in [-0.39, 0.29) is 16.8 Å². The lowest BCUT2D eigenvalue weighted by molar-refractivity contribution is -0.136. The van der Waals surface area contributed by atoms with E-state index in [9.17, 15) is 22.8 Å². The number of carbonyl (C=O) groups excluding carboxylic acids is 2. The van der Waals surface area contributed by atoms with Crippen molar-refractivity contribution in [2.24, 2.45) is 0 Å². The van der Waals surface area contributed by atoms with Crippen molar-refractivity contribution in [3.05, 3.63) is 59.2 Å². The van der Waals surface area contributed by atoms with E-state index in [1.165, 1.54) is 37.4 Å². The molecule has 0 saturated carbocycles. The second kappa shape index (κ2) is 8.74. The number of ether oxygens (including phenoxy) is 1. The summed E-state index contributed by atoms with van der Waals surface area (Å²) in [5.74, 6) is -1.39. The van der Waals surface area contributed by atoms with Crippen LogP contribution in [-0.2, 0) is 10.9 Å². The van der Waals surface area contributed by atoms with Gasteiger partial charge in [-0.25, -0.2) is 4.79 Å². The highest BCUT2D eigenvalue weighted by molar-refractivity contribution is 6.06. The Kier molecular flexibility index (Phi) is 6.31. The molecule has 1 fully saturated rings. The summed E-state index contributed by atoms with van der Waals surface area (Å²) in [7, 11) is 3.17. The number of hydrogen-bond acceptors (Lipinski definition) is 5. The maximum Gasteiger partial charge on any atom is 0.418 e. The first-order chi connectivity index (χ1) is 14.2. The summed E-state index contributed by atoms with van der Waals surface area (Å²) in [5.41, 5.74) is -0.618. The number of hydrogen-bond donors (Lipinski definition) is 1. The van der Waals surface area contributed by atoms with E-state index in [1.54, 1.807) is 6.07 Å². The van der Waals surface area contributed by atoms with Crippen LogP contribution in [0.15, 0.2) is 42.5 Å². The largest absolute Gasteiger partial charge is 0.465 e. The lowest BCUT2D eigenvalue weighted by Crippen LogP contribution is -2.44. The standard InChI is InChI=1S/C21H22F3N3O3/c1-26-8-10-27(11-9-26)16-6-7-18(17(13-16)21(22,23)24)25-19(28)14-4-3-5-15(12-14)20(29)30-2/h3-7,12-13H,8-11H2,1-2H3,(H,25,28). The number of likely N-dealkylation sites (N-methyl/N-ethyl adjacent to an activating group) is 1. The van der Waals surface area contributed by atoms with Gasteiger partial charge in [-0.05, 0) is 43.4 Å². The molecule has 2 aromatic rings. The van der Waals surface area contributed by atoms with Gasteiger partial charge in [0.1, 0.15) is 0 Å². The first-order valence-electron chi connectivity index (χ1n) is 9.33. The number of benzene rings is 2. The lowest BCUT2D eigenvalue weighted by atomic mass is 10.1. The number of methoxy groups -OCH3 is 1. The highest BCUT2D eigenvalue weighted by Crippen LogP contribution is 2.37. The maximum absolute atomic E-state index is 13.7. The fourth-order valence-electron chi connectivity index (χ4n) is 3.24. The monoisotopic (exact) mass is 421 g/mol. The normalized spacial score (nSPS) is 15.0. The van der Waals surface area contributed by atoms with E-state index in [0.29, 0.717) is 18.8 Å². The smallest absolute Gasteiger partial charge is 0.418 e. The molecule has 0 aliphatic carbocycles. The van der Waals surface area contributed by atoms with E-state index in [2.05, 4.69) is 15.0 Å². The number of carbonyl (C=O) groups is 2. The Balaban J connectivity index is 1.86. The topological polar surface area (TPSA) is 61.9 Å². The highest BCUT2D eigenvalue weighted by atomic mass is 19.4. The summed E-state index contributed by atoms with van der Waals surface area (Å²) in [6, 6.07) is 9.49. The number of alkyl halides is 3. The summed E-state index contributed by atoms with van der Waals surface area (Å²) < 4.78 is 45.7. The number of esters is 1. The predicted molar refractivity (Wildman–Crippen MR) is 107 cm³/mol. The zero-order chi connectivity index (χ0) is 21.9. The molecule has 1 saturated heterocycles. The summed E-state index contributed by atoms with van der Waals surface area (Å²) in [6.45, 7) is 2.77. The van der Waals surface area contributed by atoms with Crippen molar-refractivity contribution in [3.63, 3.8) is 0 Å². The average molecular weight is 421 g/mol. The van der Waals surface area contributed by atoms with Gasteiger partial charge in [0.2, 0.25) is 0 Å². The quantitative estimate of drug-likeness (QED) is 0.766. The van der Waals surface area contributed by atoms with Crippen molar-refractivity contribution < 1.29 is 27.5 Å². The van der Waals surface area contributed by atoms with E-state index < -0.39 is 23.6 Å². The number of halogens is 3. The SMILES string of the molecule is COC(=O)c1cccc(C(=O)Nc2ccc(N3CCN(C)CC3)cc2C(F)(F)F)c1. The molecular weight excluding hydrogens is 399 g/mol. The minimum Gasteiger partial charge on any atom is -0.465 e. The summed E-state index contributed by atoms with van der Waals surface area (Å²) in [5, 5.41) is 2.32. The molecule has 0 spiro atoms. The molecule has 9 heteroatoms. The Morgan fingerprint density at radius 2 is 1.67 bits per heavy atom. The van der Waals surface area contributed by atoms with Crippen LogP contribution in [-0.4, -0.2) is 57.1 Å². The Morgan fingerprint density at radius 1 is 1.00 bits per heavy atom. The Hall–Kier alpha value is -3.07. The van der Waals surface area contributed by atoms with Crippen LogP contribution in [0, 0.1) is 0 Å². The fraction of sp³-hybridized carbons (Fsp3) is 0.333. The maximum atomic E-state index is 13.7. The van der Waals surface area contributed by atoms with Crippen molar-refractivity contribution in [2.75, 3.05) is 50.6 Å². The second-order valence-corrected chi connectivity index (χ2v) is 7.04. The van der Waals surface area contributed by atoms with Gasteiger partial charge in [-0.1, -0.05) is 6.07 Å². The molecular formula is C21H22F3N3O3. The van der Waals surface area contributed by atoms with Gasteiger partial charge < -0.3 is 19.9 Å². The van der Waals surface area contributed by atoms with Gasteiger partial charge in [0.05, 0.1) is 23.9 Å². The van der Waals surface area contributed by atoms with Gasteiger partial charge >= 0.3 is 12.1 Å². The third-order valence-electron chi connectivity index (χ3n) is 4.97. The van der Waals surface area contributed by atoms with Crippen LogP contribution in [0.4, 0.5) is 24.5 Å². The zero-order valence-corrected chi connectivity index (χ0v) is 16.6. The van der Waals surface area contributed by atoms with Crippen LogP contribution in [0.2, 0.25) is 0 Å². The van der Waals surface area contributed by atoms with E-state index in [0.717, 1.165) is 19.2 Å². The highest BCUT2D eigenvalue weighted by Gasteiger charge is 2.35. The summed E-state index contributed by atoms with van der Waals surface area (Å²) >= 11 is 0. The van der Waals surface area contributed by atoms with Crippen molar-refractivity contribution in [2.45, 2.75) is 6.18 Å². The number of anilines is 2. The molecule has 1 heterocycles. The number of piperazine rings is 1. The number of nitrogens with one attached hydrogen (secondary N) is 1. The van der Waals surface area contributed by atoms with Gasteiger partial charge in [-0.2, -0.15) is 13.2 Å². The van der Waals surface area contributed by atoms with Crippen LogP contribution < -0.4 is 10.2 Å². The van der Waals surface area contributed by atoms with E-state index in [1.807, 2.05) is 11.9 Å². The third-order valence-corrected chi connectivity index (χ3v) is 4.97. The van der Waals surface area contributed by atoms with Gasteiger partial charge in [0.15, 0.2) is 0 Å². The number of rotatable bonds is 4. The molecule has 3 rings (SSSR count). The molecule has 0 bridgehead atoms. The van der Waals surface area contributed by atoms with Gasteiger partial charge in [0, 0.05) is 37.4 Å². The van der Waals surface area contributed by atoms with Gasteiger partial charge in [0.25, 0.3) is 5.91 Å². The molecule has 0 aromatic heterocycles. The van der Waals surface area contributed by atoms with Crippen molar-refractivity contribution in [3.8, 4) is 0 Å². The molecule has 1 aliphatic rings. The molecule has 0 radical (unpaired) electrons. The minimum absolute atomic E-state index is 0.0502. The van der Waals surface area contributed by atoms with Gasteiger partial charge in [-0.3, -0.25) is 4.79 Å². The zero-order valence-electron chi connectivity index (χ0n) is 16.6. The summed E-state index contributed by atoms with van der Waals surface area (Å²) in [6.07, 6.45) is -4.64. The molecule has 1 aliphatic heterocycles. The fourth-order valence-corrected chi connectivity index (χ4v) is 3.24. The Morgan fingerprint density at radius 3 is 2.30 bits per heavy atom. The third kappa shape index (κ3) is 4.91. The number of amides is 1. The predicted octanol–water partition coefficient (Wildman–Crippen LogP) is 3.50. The van der Waals surface area contributed by atoms with Crippen LogP contribution >= 0.6 is 0 Å². The molecule has 2 aromatic carbocycles. The molecule has 1 amide bonds. The van der Waals surface area contributed by atoms with E-state index in [4.69, 9.17) is 0 Å². The van der Waals surface area contributed by atoms with Crippen molar-refractivity contribution >= 4 is 23.3 Å². The lowest BCUT2D eigenvalue weighted by Gasteiger charge is -2.34. The minimum atomic E-state index is -4.64. The first kappa shape index (κ1) is 21.6. The van der Waals surface area contributed by atoms with Gasteiger partial charge in [-0.15, -0.1) is 0 Å². The van der Waals surface area contributed by atoms with Crippen molar-refractivity contribution in [1.29, 1.82) is 0 Å². The molecule has 1 N–H and O–H groups in total. The second-order valence-electron chi connectivity index (χ2n) is 7.04. The van der Waals surface area contributed by atoms with Crippen LogP contribution in [0.1, 0.15) is 26.3 Å². The van der Waals surface area contributed by atoms with E-state index >= 15 is 0 Å². The van der Waals surface area contributed by atoms with Crippen LogP contribution in [0.3, 0.4) is 0 Å². The molecule has 0 unspecified atom stereocenters. The Labute approximate surface area is 172 Å². The summed E-state index contributed by atoms with van der Waals surface area (Å²) in [4.78, 5) is 28.2. The average Bonchev–Trinajstić information content (AvgIpc) is 2.73. The van der Waals surface area contributed by atoms with Crippen molar-refractivity contribution in [1.82, 2.24) is 4.90 Å². The van der Waals surface area contributed by atoms with Crippen LogP contribution in [0.25, 0.3) is 0 Å². The molecule has 6 nitrogen and oxygen atoms in total. The molecule has 160 valence electrons. The Bertz CT molecular complexity index is 939. The van der Waals surface area contributed by atoms with Crippen LogP contribution in [0.5, 0.6) is 0 Å². The molecule has 0 atom stereocenters. The number of nitrogens with zero attached hydrogens (tertiary/aromatic N) is 2. The first-order valence-corrected chi connectivity index (χ1v) is 9.33.